The largest absolute Gasteiger partial charge is 0.365 e. The fraction of sp³-hybridized carbons (Fsp3) is 0.857. The van der Waals surface area contributed by atoms with Crippen LogP contribution in [0.2, 0.25) is 0 Å². The normalized spacial score (nSPS) is 35.8. The van der Waals surface area contributed by atoms with E-state index in [0.717, 1.165) is 12.8 Å². The van der Waals surface area contributed by atoms with Gasteiger partial charge in [-0.15, -0.1) is 0 Å². The number of morpholine rings is 1. The van der Waals surface area contributed by atoms with E-state index in [1.807, 2.05) is 14.0 Å². The quantitative estimate of drug-likeness (QED) is 0.480. The average Bonchev–Trinajstić information content (AvgIpc) is 1.88. The number of likely N-dealkylation sites (N-methyl/N-ethyl adjacent to an activating group) is 1. The second kappa shape index (κ2) is 2.68. The Balaban J connectivity index is 2.53. The van der Waals surface area contributed by atoms with Crippen molar-refractivity contribution < 1.29 is 9.53 Å². The maximum atomic E-state index is 10.5. The van der Waals surface area contributed by atoms with E-state index in [2.05, 4.69) is 4.90 Å². The van der Waals surface area contributed by atoms with Gasteiger partial charge in [0.1, 0.15) is 5.60 Å². The van der Waals surface area contributed by atoms with Gasteiger partial charge in [0.05, 0.1) is 6.61 Å². The van der Waals surface area contributed by atoms with E-state index in [9.17, 15) is 4.79 Å². The highest BCUT2D eigenvalue weighted by atomic mass is 16.5. The number of nitrogens with zero attached hydrogens (tertiary/aromatic N) is 1. The van der Waals surface area contributed by atoms with Gasteiger partial charge in [0.25, 0.3) is 0 Å². The molecule has 0 aliphatic carbocycles. The Morgan fingerprint density at radius 1 is 1.70 bits per heavy atom. The van der Waals surface area contributed by atoms with Gasteiger partial charge in [-0.2, -0.15) is 0 Å². The molecular formula is C7H13NO2. The first-order valence-electron chi connectivity index (χ1n) is 3.45. The summed E-state index contributed by atoms with van der Waals surface area (Å²) in [5.41, 5.74) is -0.562. The van der Waals surface area contributed by atoms with Crippen molar-refractivity contribution in [2.45, 2.75) is 12.5 Å². The van der Waals surface area contributed by atoms with Crippen LogP contribution in [0.1, 0.15) is 6.92 Å². The van der Waals surface area contributed by atoms with Crippen LogP contribution in [0.5, 0.6) is 0 Å². The molecule has 0 radical (unpaired) electrons. The number of ether oxygens (including phenoxy) is 1. The van der Waals surface area contributed by atoms with Crippen LogP contribution in [0, 0.1) is 0 Å². The zero-order valence-electron chi connectivity index (χ0n) is 6.46. The Hall–Kier alpha value is -0.410. The van der Waals surface area contributed by atoms with Crippen LogP contribution in [-0.4, -0.2) is 43.5 Å². The number of hydrogen-bond donors (Lipinski definition) is 0. The number of carbonyl (C=O) groups excluding carboxylic acids is 1. The molecule has 1 unspecified atom stereocenters. The van der Waals surface area contributed by atoms with Crippen molar-refractivity contribution in [2.24, 2.45) is 0 Å². The smallest absolute Gasteiger partial charge is 0.152 e. The van der Waals surface area contributed by atoms with Gasteiger partial charge in [-0.05, 0) is 14.0 Å². The second-order valence-electron chi connectivity index (χ2n) is 3.02. The SMILES string of the molecule is CN1CCOC(C)(C=O)C1. The Labute approximate surface area is 61.0 Å². The molecule has 1 rings (SSSR count). The summed E-state index contributed by atoms with van der Waals surface area (Å²) >= 11 is 0. The topological polar surface area (TPSA) is 29.5 Å². The zero-order valence-corrected chi connectivity index (χ0v) is 6.46. The molecule has 0 bridgehead atoms. The van der Waals surface area contributed by atoms with Crippen LogP contribution in [0.3, 0.4) is 0 Å². The van der Waals surface area contributed by atoms with E-state index in [0.29, 0.717) is 13.2 Å². The van der Waals surface area contributed by atoms with Crippen molar-refractivity contribution in [2.75, 3.05) is 26.7 Å². The van der Waals surface area contributed by atoms with Gasteiger partial charge in [0, 0.05) is 13.1 Å². The summed E-state index contributed by atoms with van der Waals surface area (Å²) in [5, 5.41) is 0. The van der Waals surface area contributed by atoms with Crippen molar-refractivity contribution in [3.8, 4) is 0 Å². The van der Waals surface area contributed by atoms with Gasteiger partial charge in [-0.3, -0.25) is 0 Å². The molecule has 1 aliphatic rings. The lowest BCUT2D eigenvalue weighted by Crippen LogP contribution is -2.49. The molecule has 1 saturated heterocycles. The Bertz CT molecular complexity index is 138. The molecule has 0 saturated carbocycles. The molecule has 1 aliphatic heterocycles. The Kier molecular flexibility index (Phi) is 2.06. The minimum Gasteiger partial charge on any atom is -0.365 e. The predicted octanol–water partition coefficient (Wildman–Crippen LogP) is -0.0940. The fourth-order valence-corrected chi connectivity index (χ4v) is 1.17. The van der Waals surface area contributed by atoms with E-state index in [1.165, 1.54) is 0 Å². The Morgan fingerprint density at radius 2 is 2.40 bits per heavy atom. The summed E-state index contributed by atoms with van der Waals surface area (Å²) in [6.45, 7) is 4.10. The number of carbonyl (C=O) groups is 1. The molecule has 10 heavy (non-hydrogen) atoms. The summed E-state index contributed by atoms with van der Waals surface area (Å²) in [7, 11) is 1.99. The van der Waals surface area contributed by atoms with Crippen LogP contribution in [0.4, 0.5) is 0 Å². The summed E-state index contributed by atoms with van der Waals surface area (Å²) in [5.74, 6) is 0. The van der Waals surface area contributed by atoms with Gasteiger partial charge in [-0.1, -0.05) is 0 Å². The third kappa shape index (κ3) is 1.55. The van der Waals surface area contributed by atoms with E-state index in [1.54, 1.807) is 0 Å². The lowest BCUT2D eigenvalue weighted by molar-refractivity contribution is -0.139. The summed E-state index contributed by atoms with van der Waals surface area (Å²) in [6, 6.07) is 0. The summed E-state index contributed by atoms with van der Waals surface area (Å²) in [6.07, 6.45) is 0.878. The van der Waals surface area contributed by atoms with Crippen molar-refractivity contribution in [3.63, 3.8) is 0 Å². The van der Waals surface area contributed by atoms with Gasteiger partial charge in [0.15, 0.2) is 6.29 Å². The highest BCUT2D eigenvalue weighted by Crippen LogP contribution is 2.12. The molecule has 1 atom stereocenters. The molecule has 0 aromatic rings. The van der Waals surface area contributed by atoms with Gasteiger partial charge < -0.3 is 14.4 Å². The minimum atomic E-state index is -0.562. The van der Waals surface area contributed by atoms with Gasteiger partial charge in [0.2, 0.25) is 0 Å². The van der Waals surface area contributed by atoms with E-state index < -0.39 is 5.60 Å². The number of rotatable bonds is 1. The Morgan fingerprint density at radius 3 is 2.80 bits per heavy atom. The summed E-state index contributed by atoms with van der Waals surface area (Å²) < 4.78 is 5.28. The lowest BCUT2D eigenvalue weighted by atomic mass is 10.1. The molecule has 58 valence electrons. The van der Waals surface area contributed by atoms with E-state index in [4.69, 9.17) is 4.74 Å². The molecule has 0 amide bonds. The molecule has 0 N–H and O–H groups in total. The maximum Gasteiger partial charge on any atom is 0.152 e. The highest BCUT2D eigenvalue weighted by Gasteiger charge is 2.29. The van der Waals surface area contributed by atoms with Crippen LogP contribution >= 0.6 is 0 Å². The van der Waals surface area contributed by atoms with Gasteiger partial charge >= 0.3 is 0 Å². The standard InChI is InChI=1S/C7H13NO2/c1-7(6-9)5-8(2)3-4-10-7/h6H,3-5H2,1-2H3. The highest BCUT2D eigenvalue weighted by molar-refractivity contribution is 5.62. The zero-order chi connectivity index (χ0) is 7.61. The average molecular weight is 143 g/mol. The monoisotopic (exact) mass is 143 g/mol. The van der Waals surface area contributed by atoms with Crippen molar-refractivity contribution in [1.82, 2.24) is 4.90 Å². The van der Waals surface area contributed by atoms with Crippen LogP contribution in [0.15, 0.2) is 0 Å². The maximum absolute atomic E-state index is 10.5. The molecule has 1 fully saturated rings. The second-order valence-corrected chi connectivity index (χ2v) is 3.02. The van der Waals surface area contributed by atoms with Crippen LogP contribution in [0.25, 0.3) is 0 Å². The third-order valence-electron chi connectivity index (χ3n) is 1.74. The van der Waals surface area contributed by atoms with E-state index >= 15 is 0 Å². The first-order chi connectivity index (χ1) is 4.66. The molecule has 0 aromatic heterocycles. The molecule has 0 spiro atoms. The molecule has 0 aromatic carbocycles. The summed E-state index contributed by atoms with van der Waals surface area (Å²) in [4.78, 5) is 12.6. The van der Waals surface area contributed by atoms with Gasteiger partial charge in [-0.25, -0.2) is 0 Å². The van der Waals surface area contributed by atoms with Crippen molar-refractivity contribution in [1.29, 1.82) is 0 Å². The molecule has 3 nitrogen and oxygen atoms in total. The first kappa shape index (κ1) is 7.69. The predicted molar refractivity (Wildman–Crippen MR) is 37.9 cm³/mol. The number of hydrogen-bond acceptors (Lipinski definition) is 3. The van der Waals surface area contributed by atoms with Crippen LogP contribution < -0.4 is 0 Å². The fourth-order valence-electron chi connectivity index (χ4n) is 1.17. The van der Waals surface area contributed by atoms with Crippen LogP contribution in [-0.2, 0) is 9.53 Å². The van der Waals surface area contributed by atoms with Crippen molar-refractivity contribution in [3.05, 3.63) is 0 Å². The first-order valence-corrected chi connectivity index (χ1v) is 3.45. The minimum absolute atomic E-state index is 0.562. The molecular weight excluding hydrogens is 130 g/mol. The third-order valence-corrected chi connectivity index (χ3v) is 1.74. The number of aldehydes is 1. The lowest BCUT2D eigenvalue weighted by Gasteiger charge is -2.34. The molecule has 3 heteroatoms. The molecule has 1 heterocycles. The van der Waals surface area contributed by atoms with Crippen molar-refractivity contribution >= 4 is 6.29 Å². The van der Waals surface area contributed by atoms with E-state index in [-0.39, 0.29) is 0 Å².